The topological polar surface area (TPSA) is 0 Å². The minimum absolute atomic E-state index is 0. The summed E-state index contributed by atoms with van der Waals surface area (Å²) in [6, 6.07) is 0. The monoisotopic (exact) mass is 304 g/mol. The Morgan fingerprint density at radius 2 is 1.20 bits per heavy atom. The van der Waals surface area contributed by atoms with Gasteiger partial charge >= 0.3 is 23.9 Å². The molecule has 0 aromatic rings. The first-order valence-corrected chi connectivity index (χ1v) is 4.46. The van der Waals surface area contributed by atoms with Gasteiger partial charge in [0, 0.05) is 0 Å². The molecule has 0 aromatic heterocycles. The van der Waals surface area contributed by atoms with Gasteiger partial charge in [0.05, 0.1) is 0 Å². The van der Waals surface area contributed by atoms with Crippen LogP contribution < -0.4 is 0 Å². The van der Waals surface area contributed by atoms with Crippen LogP contribution in [-0.4, -0.2) is 46.9 Å². The SMILES string of the molecule is C.C.[S-]CCSCC[S-].[Sn+2]. The standard InChI is InChI=1S/C4H10S3.2CH4.Sn/c5-1-3-7-4-2-6;;;/h5-6H,1-4H2;2*1H4;/q;;;+2/p-2. The summed E-state index contributed by atoms with van der Waals surface area (Å²) in [7, 11) is 0. The van der Waals surface area contributed by atoms with Crippen LogP contribution in [0.2, 0.25) is 0 Å². The van der Waals surface area contributed by atoms with Gasteiger partial charge in [-0.05, 0) is 11.5 Å². The molecule has 62 valence electrons. The van der Waals surface area contributed by atoms with Crippen LogP contribution in [0.3, 0.4) is 0 Å². The Labute approximate surface area is 98.1 Å². The molecule has 0 spiro atoms. The van der Waals surface area contributed by atoms with Gasteiger partial charge in [0.25, 0.3) is 0 Å². The molecule has 0 atom stereocenters. The van der Waals surface area contributed by atoms with Gasteiger partial charge in [-0.25, -0.2) is 0 Å². The van der Waals surface area contributed by atoms with Crippen LogP contribution in [0.4, 0.5) is 0 Å². The van der Waals surface area contributed by atoms with Crippen LogP contribution in [0.5, 0.6) is 0 Å². The summed E-state index contributed by atoms with van der Waals surface area (Å²) in [6.45, 7) is 0. The third-order valence-corrected chi connectivity index (χ3v) is 2.37. The first-order chi connectivity index (χ1) is 3.41. The van der Waals surface area contributed by atoms with Crippen molar-refractivity contribution >= 4 is 60.9 Å². The molecule has 0 saturated heterocycles. The fraction of sp³-hybridized carbons (Fsp3) is 1.00. The largest absolute Gasteiger partial charge is 2.00 e. The molecule has 0 nitrogen and oxygen atoms in total. The van der Waals surface area contributed by atoms with Crippen LogP contribution >= 0.6 is 11.8 Å². The van der Waals surface area contributed by atoms with Gasteiger partial charge in [0.15, 0.2) is 0 Å². The van der Waals surface area contributed by atoms with Crippen molar-refractivity contribution in [3.63, 3.8) is 0 Å². The summed E-state index contributed by atoms with van der Waals surface area (Å²) in [5.74, 6) is 3.90. The summed E-state index contributed by atoms with van der Waals surface area (Å²) in [5.41, 5.74) is 0. The quantitative estimate of drug-likeness (QED) is 0.441. The van der Waals surface area contributed by atoms with Crippen LogP contribution in [-0.2, 0) is 25.3 Å². The third-order valence-electron chi connectivity index (χ3n) is 0.455. The molecule has 0 amide bonds. The maximum Gasteiger partial charge on any atom is 2.00 e. The van der Waals surface area contributed by atoms with E-state index in [1.54, 1.807) is 0 Å². The Morgan fingerprint density at radius 3 is 1.40 bits per heavy atom. The van der Waals surface area contributed by atoms with Gasteiger partial charge in [-0.1, -0.05) is 14.9 Å². The van der Waals surface area contributed by atoms with E-state index < -0.39 is 0 Å². The summed E-state index contributed by atoms with van der Waals surface area (Å²) < 4.78 is 0. The van der Waals surface area contributed by atoms with Gasteiger partial charge < -0.3 is 25.3 Å². The summed E-state index contributed by atoms with van der Waals surface area (Å²) in [6.07, 6.45) is 0. The van der Waals surface area contributed by atoms with E-state index in [9.17, 15) is 0 Å². The van der Waals surface area contributed by atoms with Gasteiger partial charge in [-0.2, -0.15) is 23.3 Å². The zero-order valence-corrected chi connectivity index (χ0v) is 9.86. The minimum Gasteiger partial charge on any atom is -0.792 e. The molecule has 0 aromatic carbocycles. The minimum atomic E-state index is 0. The molecule has 10 heavy (non-hydrogen) atoms. The first kappa shape index (κ1) is 22.6. The summed E-state index contributed by atoms with van der Waals surface area (Å²) in [5, 5.41) is 0. The van der Waals surface area contributed by atoms with Crippen LogP contribution in [0.1, 0.15) is 14.9 Å². The molecule has 0 rings (SSSR count). The summed E-state index contributed by atoms with van der Waals surface area (Å²) in [4.78, 5) is 0. The predicted molar refractivity (Wildman–Crippen MR) is 61.0 cm³/mol. The van der Waals surface area contributed by atoms with E-state index in [1.807, 2.05) is 11.8 Å². The van der Waals surface area contributed by atoms with Crippen molar-refractivity contribution in [2.45, 2.75) is 14.9 Å². The number of rotatable bonds is 4. The van der Waals surface area contributed by atoms with Crippen LogP contribution in [0, 0.1) is 0 Å². The van der Waals surface area contributed by atoms with Crippen LogP contribution in [0.15, 0.2) is 0 Å². The fourth-order valence-electron chi connectivity index (χ4n) is 0.220. The molecule has 0 aliphatic rings. The van der Waals surface area contributed by atoms with E-state index in [4.69, 9.17) is 25.3 Å². The number of hydrogen-bond acceptors (Lipinski definition) is 3. The Morgan fingerprint density at radius 1 is 0.900 bits per heavy atom. The zero-order chi connectivity index (χ0) is 5.54. The van der Waals surface area contributed by atoms with Gasteiger partial charge in [0.1, 0.15) is 0 Å². The second-order valence-electron chi connectivity index (χ2n) is 1.02. The molecule has 0 heterocycles. The average Bonchev–Trinajstić information content (AvgIpc) is 1.69. The predicted octanol–water partition coefficient (Wildman–Crippen LogP) is 1.70. The normalized spacial score (nSPS) is 6.60. The maximum absolute atomic E-state index is 4.71. The van der Waals surface area contributed by atoms with E-state index in [1.165, 1.54) is 0 Å². The Bertz CT molecular complexity index is 32.2. The van der Waals surface area contributed by atoms with Crippen molar-refractivity contribution < 1.29 is 0 Å². The van der Waals surface area contributed by atoms with Crippen molar-refractivity contribution in [3.05, 3.63) is 0 Å². The number of hydrogen-bond donors (Lipinski definition) is 0. The molecule has 2 radical (unpaired) electrons. The Kier molecular flexibility index (Phi) is 50.8. The summed E-state index contributed by atoms with van der Waals surface area (Å²) >= 11 is 11.3. The first-order valence-electron chi connectivity index (χ1n) is 2.15. The molecule has 0 aliphatic carbocycles. The van der Waals surface area contributed by atoms with E-state index >= 15 is 0 Å². The van der Waals surface area contributed by atoms with Crippen molar-refractivity contribution in [1.82, 2.24) is 0 Å². The fourth-order valence-corrected chi connectivity index (χ4v) is 1.37. The molecule has 0 fully saturated rings. The van der Waals surface area contributed by atoms with Crippen LogP contribution in [0.25, 0.3) is 0 Å². The maximum atomic E-state index is 4.71. The molecular weight excluding hydrogens is 287 g/mol. The van der Waals surface area contributed by atoms with E-state index in [0.717, 1.165) is 23.0 Å². The molecule has 0 aliphatic heterocycles. The molecule has 0 saturated carbocycles. The Balaban J connectivity index is -0.0000000600. The van der Waals surface area contributed by atoms with Crippen molar-refractivity contribution in [2.75, 3.05) is 23.0 Å². The van der Waals surface area contributed by atoms with E-state index in [2.05, 4.69) is 0 Å². The number of thioether (sulfide) groups is 1. The van der Waals surface area contributed by atoms with E-state index in [-0.39, 0.29) is 38.8 Å². The third kappa shape index (κ3) is 22.5. The average molecular weight is 303 g/mol. The van der Waals surface area contributed by atoms with Gasteiger partial charge in [0.2, 0.25) is 0 Å². The smallest absolute Gasteiger partial charge is 0.792 e. The Hall–Kier alpha value is 1.85. The molecular formula is C6H16S3Sn. The molecule has 4 heteroatoms. The van der Waals surface area contributed by atoms with Gasteiger partial charge in [-0.3, -0.25) is 0 Å². The van der Waals surface area contributed by atoms with Crippen molar-refractivity contribution in [2.24, 2.45) is 0 Å². The van der Waals surface area contributed by atoms with Crippen molar-refractivity contribution in [1.29, 1.82) is 0 Å². The molecule has 0 N–H and O–H groups in total. The van der Waals surface area contributed by atoms with Gasteiger partial charge in [-0.15, -0.1) is 0 Å². The molecule has 0 bridgehead atoms. The second kappa shape index (κ2) is 22.4. The second-order valence-corrected chi connectivity index (χ2v) is 3.06. The van der Waals surface area contributed by atoms with E-state index in [0.29, 0.717) is 0 Å². The van der Waals surface area contributed by atoms with Crippen molar-refractivity contribution in [3.8, 4) is 0 Å². The zero-order valence-electron chi connectivity index (χ0n) is 4.55. The molecule has 0 unspecified atom stereocenters.